The van der Waals surface area contributed by atoms with Gasteiger partial charge in [0.25, 0.3) is 0 Å². The van der Waals surface area contributed by atoms with E-state index in [9.17, 15) is 0 Å². The lowest BCUT2D eigenvalue weighted by Crippen LogP contribution is -2.16. The molecule has 3 nitrogen and oxygen atoms in total. The number of imidazole rings is 1. The number of hydrogen-bond donors (Lipinski definition) is 1. The average molecular weight is 265 g/mol. The fraction of sp³-hybridized carbons (Fsp3) is 0.235. The summed E-state index contributed by atoms with van der Waals surface area (Å²) in [5.41, 5.74) is 7.51. The van der Waals surface area contributed by atoms with Crippen molar-refractivity contribution in [2.24, 2.45) is 5.73 Å². The average Bonchev–Trinajstić information content (AvgIpc) is 2.94. The molecule has 2 aromatic carbocycles. The molecule has 2 N–H and O–H groups in total. The number of nitrogens with two attached hydrogens (primary N) is 1. The number of aromatic nitrogens is 2. The van der Waals surface area contributed by atoms with Crippen LogP contribution in [0.2, 0.25) is 0 Å². The maximum atomic E-state index is 6.35. The molecule has 20 heavy (non-hydrogen) atoms. The van der Waals surface area contributed by atoms with Gasteiger partial charge >= 0.3 is 0 Å². The Balaban J connectivity index is 1.86. The Morgan fingerprint density at radius 3 is 2.75 bits per heavy atom. The van der Waals surface area contributed by atoms with Crippen molar-refractivity contribution >= 4 is 10.8 Å². The number of aryl methyl sites for hydroxylation is 1. The summed E-state index contributed by atoms with van der Waals surface area (Å²) < 4.78 is 2.14. The van der Waals surface area contributed by atoms with Crippen LogP contribution in [0.3, 0.4) is 0 Å². The standard InChI is InChI=1S/C17H19N3/c1-2-20-10-9-19-17(20)12-16(18)15-8-7-13-5-3-4-6-14(13)11-15/h3-11,16H,2,12,18H2,1H3. The summed E-state index contributed by atoms with van der Waals surface area (Å²) in [6, 6.07) is 14.8. The zero-order valence-electron chi connectivity index (χ0n) is 11.7. The van der Waals surface area contributed by atoms with E-state index in [1.54, 1.807) is 0 Å². The Labute approximate surface area is 119 Å². The third-order valence-corrected chi connectivity index (χ3v) is 3.75. The maximum Gasteiger partial charge on any atom is 0.110 e. The molecule has 0 aliphatic rings. The molecular weight excluding hydrogens is 246 g/mol. The van der Waals surface area contributed by atoms with Crippen molar-refractivity contribution in [3.8, 4) is 0 Å². The Bertz CT molecular complexity index is 715. The lowest BCUT2D eigenvalue weighted by atomic mass is 10.0. The molecule has 102 valence electrons. The van der Waals surface area contributed by atoms with Gasteiger partial charge in [0.15, 0.2) is 0 Å². The van der Waals surface area contributed by atoms with Gasteiger partial charge in [-0.15, -0.1) is 0 Å². The van der Waals surface area contributed by atoms with Gasteiger partial charge in [-0.25, -0.2) is 4.98 Å². The molecule has 0 spiro atoms. The number of benzene rings is 2. The zero-order valence-corrected chi connectivity index (χ0v) is 11.7. The minimum atomic E-state index is -0.0210. The molecule has 1 unspecified atom stereocenters. The summed E-state index contributed by atoms with van der Waals surface area (Å²) in [4.78, 5) is 4.40. The van der Waals surface area contributed by atoms with Crippen LogP contribution >= 0.6 is 0 Å². The fourth-order valence-electron chi connectivity index (χ4n) is 2.57. The highest BCUT2D eigenvalue weighted by molar-refractivity contribution is 5.83. The highest BCUT2D eigenvalue weighted by Gasteiger charge is 2.11. The van der Waals surface area contributed by atoms with Gasteiger partial charge in [0, 0.05) is 31.4 Å². The second-order valence-electron chi connectivity index (χ2n) is 5.05. The van der Waals surface area contributed by atoms with Gasteiger partial charge in [-0.05, 0) is 29.3 Å². The van der Waals surface area contributed by atoms with Crippen molar-refractivity contribution in [2.45, 2.75) is 25.9 Å². The van der Waals surface area contributed by atoms with Crippen LogP contribution in [0.25, 0.3) is 10.8 Å². The quantitative estimate of drug-likeness (QED) is 0.786. The molecule has 3 heteroatoms. The summed E-state index contributed by atoms with van der Waals surface area (Å²) in [7, 11) is 0. The molecule has 1 atom stereocenters. The second kappa shape index (κ2) is 5.47. The Morgan fingerprint density at radius 2 is 1.95 bits per heavy atom. The molecule has 3 aromatic rings. The second-order valence-corrected chi connectivity index (χ2v) is 5.05. The molecule has 1 aromatic heterocycles. The predicted octanol–water partition coefficient (Wildman–Crippen LogP) is 3.30. The van der Waals surface area contributed by atoms with Crippen molar-refractivity contribution in [3.63, 3.8) is 0 Å². The van der Waals surface area contributed by atoms with E-state index in [4.69, 9.17) is 5.73 Å². The van der Waals surface area contributed by atoms with Crippen molar-refractivity contribution in [2.75, 3.05) is 0 Å². The predicted molar refractivity (Wildman–Crippen MR) is 82.5 cm³/mol. The van der Waals surface area contributed by atoms with Crippen LogP contribution in [0.1, 0.15) is 24.4 Å². The molecule has 0 amide bonds. The molecule has 1 heterocycles. The van der Waals surface area contributed by atoms with Crippen molar-refractivity contribution in [1.29, 1.82) is 0 Å². The summed E-state index contributed by atoms with van der Waals surface area (Å²) in [6.45, 7) is 3.05. The van der Waals surface area contributed by atoms with Crippen LogP contribution in [0.4, 0.5) is 0 Å². The van der Waals surface area contributed by atoms with Gasteiger partial charge in [-0.1, -0.05) is 36.4 Å². The Morgan fingerprint density at radius 1 is 1.15 bits per heavy atom. The molecule has 0 aliphatic heterocycles. The van der Waals surface area contributed by atoms with Crippen LogP contribution in [0, 0.1) is 0 Å². The van der Waals surface area contributed by atoms with E-state index < -0.39 is 0 Å². The third kappa shape index (κ3) is 2.45. The zero-order chi connectivity index (χ0) is 13.9. The minimum absolute atomic E-state index is 0.0210. The number of fused-ring (bicyclic) bond motifs is 1. The largest absolute Gasteiger partial charge is 0.335 e. The van der Waals surface area contributed by atoms with Crippen molar-refractivity contribution in [1.82, 2.24) is 9.55 Å². The number of hydrogen-bond acceptors (Lipinski definition) is 2. The van der Waals surface area contributed by atoms with E-state index in [0.717, 1.165) is 24.4 Å². The highest BCUT2D eigenvalue weighted by atomic mass is 15.1. The first-order valence-corrected chi connectivity index (χ1v) is 7.02. The molecule has 0 bridgehead atoms. The van der Waals surface area contributed by atoms with Crippen LogP contribution in [0.5, 0.6) is 0 Å². The first-order valence-electron chi connectivity index (χ1n) is 7.02. The molecular formula is C17H19N3. The fourth-order valence-corrected chi connectivity index (χ4v) is 2.57. The van der Waals surface area contributed by atoms with E-state index in [2.05, 4.69) is 58.9 Å². The topological polar surface area (TPSA) is 43.8 Å². The normalized spacial score (nSPS) is 12.7. The minimum Gasteiger partial charge on any atom is -0.335 e. The molecule has 0 fully saturated rings. The van der Waals surface area contributed by atoms with E-state index in [1.807, 2.05) is 12.4 Å². The molecule has 3 rings (SSSR count). The highest BCUT2D eigenvalue weighted by Crippen LogP contribution is 2.21. The van der Waals surface area contributed by atoms with E-state index in [1.165, 1.54) is 10.8 Å². The Kier molecular flexibility index (Phi) is 3.52. The maximum absolute atomic E-state index is 6.35. The summed E-state index contributed by atoms with van der Waals surface area (Å²) in [6.07, 6.45) is 4.60. The smallest absolute Gasteiger partial charge is 0.110 e. The van der Waals surface area contributed by atoms with Crippen LogP contribution in [0.15, 0.2) is 54.9 Å². The van der Waals surface area contributed by atoms with E-state index in [-0.39, 0.29) is 6.04 Å². The first kappa shape index (κ1) is 12.9. The van der Waals surface area contributed by atoms with Gasteiger partial charge in [-0.2, -0.15) is 0 Å². The molecule has 0 saturated heterocycles. The molecule has 0 saturated carbocycles. The van der Waals surface area contributed by atoms with Gasteiger partial charge in [0.1, 0.15) is 5.82 Å². The summed E-state index contributed by atoms with van der Waals surface area (Å²) >= 11 is 0. The lowest BCUT2D eigenvalue weighted by molar-refractivity contribution is 0.628. The van der Waals surface area contributed by atoms with Gasteiger partial charge in [-0.3, -0.25) is 0 Å². The van der Waals surface area contributed by atoms with Crippen LogP contribution in [-0.2, 0) is 13.0 Å². The van der Waals surface area contributed by atoms with E-state index in [0.29, 0.717) is 0 Å². The number of nitrogens with zero attached hydrogens (tertiary/aromatic N) is 2. The number of rotatable bonds is 4. The van der Waals surface area contributed by atoms with Crippen molar-refractivity contribution < 1.29 is 0 Å². The summed E-state index contributed by atoms with van der Waals surface area (Å²) in [5, 5.41) is 2.48. The Hall–Kier alpha value is -2.13. The van der Waals surface area contributed by atoms with Crippen LogP contribution < -0.4 is 5.73 Å². The summed E-state index contributed by atoms with van der Waals surface area (Å²) in [5.74, 6) is 1.05. The molecule has 0 radical (unpaired) electrons. The third-order valence-electron chi connectivity index (χ3n) is 3.75. The van der Waals surface area contributed by atoms with Crippen LogP contribution in [-0.4, -0.2) is 9.55 Å². The van der Waals surface area contributed by atoms with E-state index >= 15 is 0 Å². The van der Waals surface area contributed by atoms with Crippen molar-refractivity contribution in [3.05, 3.63) is 66.2 Å². The SMILES string of the molecule is CCn1ccnc1CC(N)c1ccc2ccccc2c1. The van der Waals surface area contributed by atoms with Gasteiger partial charge < -0.3 is 10.3 Å². The molecule has 0 aliphatic carbocycles. The van der Waals surface area contributed by atoms with Gasteiger partial charge in [0.05, 0.1) is 0 Å². The van der Waals surface area contributed by atoms with Gasteiger partial charge in [0.2, 0.25) is 0 Å². The monoisotopic (exact) mass is 265 g/mol. The lowest BCUT2D eigenvalue weighted by Gasteiger charge is -2.13. The first-order chi connectivity index (χ1) is 9.78.